The predicted octanol–water partition coefficient (Wildman–Crippen LogP) is 2.03. The molecule has 0 spiro atoms. The topological polar surface area (TPSA) is 52.3 Å². The first-order chi connectivity index (χ1) is 5.78. The molecule has 0 aromatic carbocycles. The van der Waals surface area contributed by atoms with Gasteiger partial charge in [0, 0.05) is 0 Å². The summed E-state index contributed by atoms with van der Waals surface area (Å²) in [5, 5.41) is 0. The Balaban J connectivity index is 4.45. The van der Waals surface area contributed by atoms with Gasteiger partial charge < -0.3 is 4.84 Å². The number of hydrogen-bond donors (Lipinski definition) is 1. The third-order valence-electron chi connectivity index (χ3n) is 1.81. The Kier molecular flexibility index (Phi) is 4.14. The molecular weight excluding hydrogens is 166 g/mol. The SMILES string of the molecule is C=C(C)C(CC(C)(C)C)C(=O)ON. The minimum Gasteiger partial charge on any atom is -0.373 e. The predicted molar refractivity (Wildman–Crippen MR) is 52.7 cm³/mol. The molecule has 0 aromatic heterocycles. The maximum atomic E-state index is 11.2. The van der Waals surface area contributed by atoms with Gasteiger partial charge in [0.25, 0.3) is 0 Å². The van der Waals surface area contributed by atoms with Gasteiger partial charge in [-0.2, -0.15) is 5.90 Å². The van der Waals surface area contributed by atoms with E-state index in [1.54, 1.807) is 0 Å². The van der Waals surface area contributed by atoms with Gasteiger partial charge >= 0.3 is 5.97 Å². The molecule has 1 unspecified atom stereocenters. The molecule has 3 nitrogen and oxygen atoms in total. The van der Waals surface area contributed by atoms with E-state index < -0.39 is 5.97 Å². The fourth-order valence-corrected chi connectivity index (χ4v) is 1.15. The quantitative estimate of drug-likeness (QED) is 0.540. The number of hydrogen-bond acceptors (Lipinski definition) is 3. The van der Waals surface area contributed by atoms with Gasteiger partial charge in [-0.25, -0.2) is 4.79 Å². The lowest BCUT2D eigenvalue weighted by molar-refractivity contribution is -0.148. The summed E-state index contributed by atoms with van der Waals surface area (Å²) in [6.45, 7) is 11.8. The van der Waals surface area contributed by atoms with Crippen LogP contribution in [0.5, 0.6) is 0 Å². The van der Waals surface area contributed by atoms with Crippen LogP contribution in [0.15, 0.2) is 12.2 Å². The van der Waals surface area contributed by atoms with E-state index in [0.29, 0.717) is 6.42 Å². The summed E-state index contributed by atoms with van der Waals surface area (Å²) in [6, 6.07) is 0. The smallest absolute Gasteiger partial charge is 0.331 e. The zero-order valence-corrected chi connectivity index (χ0v) is 8.89. The summed E-state index contributed by atoms with van der Waals surface area (Å²) in [4.78, 5) is 15.4. The van der Waals surface area contributed by atoms with Crippen molar-refractivity contribution < 1.29 is 9.63 Å². The molecule has 0 heterocycles. The van der Waals surface area contributed by atoms with Crippen LogP contribution in [0.2, 0.25) is 0 Å². The Labute approximate surface area is 79.9 Å². The van der Waals surface area contributed by atoms with Gasteiger partial charge in [0.2, 0.25) is 0 Å². The van der Waals surface area contributed by atoms with Crippen molar-refractivity contribution in [1.82, 2.24) is 0 Å². The van der Waals surface area contributed by atoms with E-state index in [1.807, 2.05) is 6.92 Å². The molecule has 0 saturated carbocycles. The van der Waals surface area contributed by atoms with Crippen LogP contribution in [-0.4, -0.2) is 5.97 Å². The average Bonchev–Trinajstić information content (AvgIpc) is 1.96. The zero-order chi connectivity index (χ0) is 10.6. The van der Waals surface area contributed by atoms with Crippen LogP contribution in [0.1, 0.15) is 34.1 Å². The van der Waals surface area contributed by atoms with Gasteiger partial charge in [-0.05, 0) is 18.8 Å². The highest BCUT2D eigenvalue weighted by molar-refractivity contribution is 5.75. The third-order valence-corrected chi connectivity index (χ3v) is 1.81. The van der Waals surface area contributed by atoms with E-state index in [2.05, 4.69) is 32.2 Å². The zero-order valence-electron chi connectivity index (χ0n) is 8.89. The third kappa shape index (κ3) is 4.68. The second kappa shape index (κ2) is 4.42. The molecule has 0 radical (unpaired) electrons. The first kappa shape index (κ1) is 12.2. The van der Waals surface area contributed by atoms with Gasteiger partial charge in [-0.1, -0.05) is 32.9 Å². The molecule has 13 heavy (non-hydrogen) atoms. The largest absolute Gasteiger partial charge is 0.373 e. The Morgan fingerprint density at radius 1 is 1.54 bits per heavy atom. The van der Waals surface area contributed by atoms with Crippen LogP contribution in [0, 0.1) is 11.3 Å². The van der Waals surface area contributed by atoms with Crippen molar-refractivity contribution in [3.05, 3.63) is 12.2 Å². The highest BCUT2D eigenvalue weighted by atomic mass is 16.7. The summed E-state index contributed by atoms with van der Waals surface area (Å²) in [6.07, 6.45) is 0.707. The molecular formula is C10H19NO2. The number of carbonyl (C=O) groups excluding carboxylic acids is 1. The number of nitrogens with two attached hydrogens (primary N) is 1. The highest BCUT2D eigenvalue weighted by Gasteiger charge is 2.26. The van der Waals surface area contributed by atoms with Crippen molar-refractivity contribution in [2.45, 2.75) is 34.1 Å². The highest BCUT2D eigenvalue weighted by Crippen LogP contribution is 2.28. The van der Waals surface area contributed by atoms with Crippen molar-refractivity contribution in [3.8, 4) is 0 Å². The van der Waals surface area contributed by atoms with Gasteiger partial charge in [0.15, 0.2) is 0 Å². The molecule has 0 saturated heterocycles. The van der Waals surface area contributed by atoms with Gasteiger partial charge in [-0.3, -0.25) is 0 Å². The monoisotopic (exact) mass is 185 g/mol. The Hall–Kier alpha value is -0.830. The molecule has 76 valence electrons. The first-order valence-corrected chi connectivity index (χ1v) is 4.34. The lowest BCUT2D eigenvalue weighted by atomic mass is 9.82. The van der Waals surface area contributed by atoms with Crippen molar-refractivity contribution in [2.75, 3.05) is 0 Å². The first-order valence-electron chi connectivity index (χ1n) is 4.34. The summed E-state index contributed by atoms with van der Waals surface area (Å²) >= 11 is 0. The summed E-state index contributed by atoms with van der Waals surface area (Å²) in [5.41, 5.74) is 0.864. The molecule has 0 aliphatic carbocycles. The second-order valence-corrected chi connectivity index (χ2v) is 4.60. The summed E-state index contributed by atoms with van der Waals surface area (Å²) in [7, 11) is 0. The number of carbonyl (C=O) groups is 1. The van der Waals surface area contributed by atoms with Gasteiger partial charge in [0.1, 0.15) is 0 Å². The van der Waals surface area contributed by atoms with Crippen LogP contribution >= 0.6 is 0 Å². The fourth-order valence-electron chi connectivity index (χ4n) is 1.15. The van der Waals surface area contributed by atoms with E-state index >= 15 is 0 Å². The Morgan fingerprint density at radius 2 is 2.00 bits per heavy atom. The summed E-state index contributed by atoms with van der Waals surface area (Å²) < 4.78 is 0. The maximum absolute atomic E-state index is 11.2. The van der Waals surface area contributed by atoms with Gasteiger partial charge in [0.05, 0.1) is 5.92 Å². The van der Waals surface area contributed by atoms with Crippen molar-refractivity contribution in [3.63, 3.8) is 0 Å². The van der Waals surface area contributed by atoms with Crippen molar-refractivity contribution in [1.29, 1.82) is 0 Å². The van der Waals surface area contributed by atoms with E-state index in [1.165, 1.54) is 0 Å². The molecule has 0 rings (SSSR count). The molecule has 0 amide bonds. The summed E-state index contributed by atoms with van der Waals surface area (Å²) in [5.74, 6) is 4.15. The van der Waals surface area contributed by atoms with Crippen LogP contribution in [0.4, 0.5) is 0 Å². The average molecular weight is 185 g/mol. The molecule has 0 aliphatic heterocycles. The van der Waals surface area contributed by atoms with Crippen LogP contribution in [0.25, 0.3) is 0 Å². The van der Waals surface area contributed by atoms with Crippen LogP contribution < -0.4 is 5.90 Å². The van der Waals surface area contributed by atoms with Crippen LogP contribution in [0.3, 0.4) is 0 Å². The molecule has 0 aliphatic rings. The van der Waals surface area contributed by atoms with Gasteiger partial charge in [-0.15, -0.1) is 0 Å². The molecule has 0 fully saturated rings. The molecule has 0 bridgehead atoms. The Morgan fingerprint density at radius 3 is 2.23 bits per heavy atom. The lowest BCUT2D eigenvalue weighted by Crippen LogP contribution is -2.25. The van der Waals surface area contributed by atoms with Crippen molar-refractivity contribution in [2.24, 2.45) is 17.2 Å². The van der Waals surface area contributed by atoms with E-state index in [9.17, 15) is 4.79 Å². The standard InChI is InChI=1S/C10H19NO2/c1-7(2)8(9(12)13-11)6-10(3,4)5/h8H,1,6,11H2,2-5H3. The van der Waals surface area contributed by atoms with E-state index in [-0.39, 0.29) is 11.3 Å². The van der Waals surface area contributed by atoms with Crippen molar-refractivity contribution >= 4 is 5.97 Å². The molecule has 2 N–H and O–H groups in total. The maximum Gasteiger partial charge on any atom is 0.331 e. The fraction of sp³-hybridized carbons (Fsp3) is 0.700. The van der Waals surface area contributed by atoms with E-state index in [4.69, 9.17) is 5.90 Å². The Bertz CT molecular complexity index is 203. The van der Waals surface area contributed by atoms with E-state index in [0.717, 1.165) is 5.57 Å². The minimum atomic E-state index is -0.401. The minimum absolute atomic E-state index is 0.0673. The number of rotatable bonds is 3. The molecule has 0 aromatic rings. The lowest BCUT2D eigenvalue weighted by Gasteiger charge is -2.24. The van der Waals surface area contributed by atoms with Crippen LogP contribution in [-0.2, 0) is 9.63 Å². The normalized spacial score (nSPS) is 13.6. The molecule has 3 heteroatoms. The second-order valence-electron chi connectivity index (χ2n) is 4.60. The molecule has 1 atom stereocenters.